The molecule has 310 valence electrons. The first-order chi connectivity index (χ1) is 26.0. The fraction of sp³-hybridized carbons (Fsp3) is 0.809. The fourth-order valence-electron chi connectivity index (χ4n) is 6.61. The van der Waals surface area contributed by atoms with Crippen molar-refractivity contribution in [1.82, 2.24) is 5.32 Å². The molecule has 0 aliphatic heterocycles. The van der Waals surface area contributed by atoms with Crippen LogP contribution in [-0.2, 0) is 4.79 Å². The molecular weight excluding hydrogens is 659 g/mol. The molecule has 0 heterocycles. The summed E-state index contributed by atoms with van der Waals surface area (Å²) in [6, 6.07) is -1.01. The molecule has 0 radical (unpaired) electrons. The number of amides is 1. The summed E-state index contributed by atoms with van der Waals surface area (Å²) in [5, 5.41) is 43.7. The number of unbranched alkanes of at least 4 members (excludes halogenated alkanes) is 23. The van der Waals surface area contributed by atoms with E-state index in [0.717, 1.165) is 64.2 Å². The predicted molar refractivity (Wildman–Crippen MR) is 228 cm³/mol. The maximum absolute atomic E-state index is 12.5. The van der Waals surface area contributed by atoms with Gasteiger partial charge in [-0.1, -0.05) is 172 Å². The van der Waals surface area contributed by atoms with E-state index in [0.29, 0.717) is 19.3 Å². The smallest absolute Gasteiger partial charge is 0.249 e. The van der Waals surface area contributed by atoms with E-state index >= 15 is 0 Å². The van der Waals surface area contributed by atoms with Crippen LogP contribution in [0.3, 0.4) is 0 Å². The summed E-state index contributed by atoms with van der Waals surface area (Å²) in [6.45, 7) is 4.02. The van der Waals surface area contributed by atoms with Gasteiger partial charge in [-0.2, -0.15) is 0 Å². The van der Waals surface area contributed by atoms with Crippen molar-refractivity contribution in [3.63, 3.8) is 0 Å². The number of carbonyl (C=O) groups excluding carboxylic acids is 1. The van der Waals surface area contributed by atoms with Crippen LogP contribution >= 0.6 is 0 Å². The van der Waals surface area contributed by atoms with Gasteiger partial charge in [-0.3, -0.25) is 4.79 Å². The highest BCUT2D eigenvalue weighted by Gasteiger charge is 2.28. The minimum Gasteiger partial charge on any atom is -0.394 e. The number of aliphatic hydroxyl groups is 4. The van der Waals surface area contributed by atoms with Crippen molar-refractivity contribution in [2.75, 3.05) is 6.61 Å². The largest absolute Gasteiger partial charge is 0.394 e. The predicted octanol–water partition coefficient (Wildman–Crippen LogP) is 11.9. The molecule has 5 N–H and O–H groups in total. The molecule has 1 amide bonds. The second kappa shape index (κ2) is 41.4. The van der Waals surface area contributed by atoms with Gasteiger partial charge in [-0.05, 0) is 89.9 Å². The van der Waals surface area contributed by atoms with Gasteiger partial charge in [0.25, 0.3) is 0 Å². The Bertz CT molecular complexity index is 884. The van der Waals surface area contributed by atoms with Crippen LogP contribution in [0.5, 0.6) is 0 Å². The lowest BCUT2D eigenvalue weighted by Crippen LogP contribution is -2.53. The van der Waals surface area contributed by atoms with Gasteiger partial charge < -0.3 is 25.7 Å². The minimum atomic E-state index is -1.30. The Labute approximate surface area is 328 Å². The van der Waals surface area contributed by atoms with E-state index < -0.39 is 36.9 Å². The van der Waals surface area contributed by atoms with Crippen molar-refractivity contribution in [3.8, 4) is 0 Å². The molecule has 0 saturated carbocycles. The van der Waals surface area contributed by atoms with Crippen LogP contribution in [0.25, 0.3) is 0 Å². The van der Waals surface area contributed by atoms with Gasteiger partial charge in [0, 0.05) is 0 Å². The Morgan fingerprint density at radius 3 is 1.19 bits per heavy atom. The Morgan fingerprint density at radius 2 is 0.792 bits per heavy atom. The van der Waals surface area contributed by atoms with Crippen LogP contribution in [0, 0.1) is 0 Å². The zero-order valence-corrected chi connectivity index (χ0v) is 34.8. The summed E-state index contributed by atoms with van der Waals surface area (Å²) < 4.78 is 0. The Kier molecular flexibility index (Phi) is 40.1. The third-order valence-electron chi connectivity index (χ3n) is 10.2. The summed E-state index contributed by atoms with van der Waals surface area (Å²) >= 11 is 0. The van der Waals surface area contributed by atoms with Crippen molar-refractivity contribution < 1.29 is 25.2 Å². The molecule has 0 aliphatic rings. The molecule has 4 unspecified atom stereocenters. The summed E-state index contributed by atoms with van der Waals surface area (Å²) in [5.74, 6) is -0.605. The van der Waals surface area contributed by atoms with Crippen LogP contribution < -0.4 is 5.32 Å². The van der Waals surface area contributed by atoms with E-state index in [-0.39, 0.29) is 0 Å². The average Bonchev–Trinajstić information content (AvgIpc) is 3.16. The number of nitrogens with one attached hydrogen (secondary N) is 1. The van der Waals surface area contributed by atoms with Crippen molar-refractivity contribution in [3.05, 3.63) is 48.6 Å². The molecule has 0 spiro atoms. The number of hydrogen-bond donors (Lipinski definition) is 5. The number of aliphatic hydroxyl groups excluding tert-OH is 4. The van der Waals surface area contributed by atoms with Crippen molar-refractivity contribution in [1.29, 1.82) is 0 Å². The summed E-state index contributed by atoms with van der Waals surface area (Å²) in [7, 11) is 0. The summed E-state index contributed by atoms with van der Waals surface area (Å²) in [6.07, 6.45) is 49.9. The van der Waals surface area contributed by atoms with E-state index in [1.54, 1.807) is 0 Å². The highest BCUT2D eigenvalue weighted by molar-refractivity contribution is 5.80. The number of allylic oxidation sites excluding steroid dienone is 8. The molecule has 6 heteroatoms. The standard InChI is InChI=1S/C47H87NO5/c1-3-5-7-9-11-13-15-17-19-21-23-25-27-29-31-33-35-37-39-41-45(51)47(53)48-43(42-49)46(52)44(50)40-38-36-34-32-30-28-26-24-22-20-18-16-14-12-10-8-6-4-2/h16,18,23-26,32,34,43-46,49-52H,3-15,17,19-22,27-31,33,35-42H2,1-2H3,(H,48,53)/b18-16+,25-23-,26-24+,34-32+. The lowest BCUT2D eigenvalue weighted by molar-refractivity contribution is -0.132. The highest BCUT2D eigenvalue weighted by Crippen LogP contribution is 2.14. The third kappa shape index (κ3) is 35.7. The van der Waals surface area contributed by atoms with Gasteiger partial charge in [0.2, 0.25) is 5.91 Å². The van der Waals surface area contributed by atoms with Crippen LogP contribution in [-0.4, -0.2) is 57.3 Å². The molecule has 0 aromatic heterocycles. The van der Waals surface area contributed by atoms with E-state index in [1.165, 1.54) is 116 Å². The van der Waals surface area contributed by atoms with Crippen LogP contribution in [0.1, 0.15) is 213 Å². The Balaban J connectivity index is 3.83. The molecule has 0 saturated heterocycles. The maximum atomic E-state index is 12.5. The quantitative estimate of drug-likeness (QED) is 0.0317. The molecular formula is C47H87NO5. The lowest BCUT2D eigenvalue weighted by atomic mass is 10.00. The molecule has 0 fully saturated rings. The van der Waals surface area contributed by atoms with Crippen LogP contribution in [0.2, 0.25) is 0 Å². The van der Waals surface area contributed by atoms with Crippen molar-refractivity contribution >= 4 is 5.91 Å². The zero-order valence-electron chi connectivity index (χ0n) is 34.8. The summed E-state index contributed by atoms with van der Waals surface area (Å²) in [5.41, 5.74) is 0. The number of carbonyl (C=O) groups is 1. The number of rotatable bonds is 40. The van der Waals surface area contributed by atoms with Gasteiger partial charge in [-0.25, -0.2) is 0 Å². The van der Waals surface area contributed by atoms with Gasteiger partial charge in [-0.15, -0.1) is 0 Å². The second-order valence-electron chi connectivity index (χ2n) is 15.4. The third-order valence-corrected chi connectivity index (χ3v) is 10.2. The maximum Gasteiger partial charge on any atom is 0.249 e. The first kappa shape index (κ1) is 51.3. The Morgan fingerprint density at radius 1 is 0.453 bits per heavy atom. The second-order valence-corrected chi connectivity index (χ2v) is 15.4. The Hall–Kier alpha value is -1.73. The molecule has 0 aromatic rings. The summed E-state index contributed by atoms with van der Waals surface area (Å²) in [4.78, 5) is 12.5. The van der Waals surface area contributed by atoms with Gasteiger partial charge in [0.1, 0.15) is 12.2 Å². The monoisotopic (exact) mass is 746 g/mol. The van der Waals surface area contributed by atoms with Gasteiger partial charge in [0.15, 0.2) is 0 Å². The van der Waals surface area contributed by atoms with E-state index in [1.807, 2.05) is 0 Å². The van der Waals surface area contributed by atoms with E-state index in [2.05, 4.69) is 67.8 Å². The fourth-order valence-corrected chi connectivity index (χ4v) is 6.61. The normalized spacial score (nSPS) is 14.6. The SMILES string of the molecule is CCCCCCC/C=C/CC/C=C/CC/C=C/CCCC(O)C(O)C(CO)NC(=O)C(O)CCCCCCCC/C=C\CCCCCCCCCCC. The van der Waals surface area contributed by atoms with Gasteiger partial charge >= 0.3 is 0 Å². The zero-order chi connectivity index (χ0) is 38.9. The average molecular weight is 746 g/mol. The molecule has 0 bridgehead atoms. The van der Waals surface area contributed by atoms with Crippen molar-refractivity contribution in [2.45, 2.75) is 237 Å². The van der Waals surface area contributed by atoms with Crippen molar-refractivity contribution in [2.24, 2.45) is 0 Å². The minimum absolute atomic E-state index is 0.350. The highest BCUT2D eigenvalue weighted by atomic mass is 16.3. The van der Waals surface area contributed by atoms with Crippen LogP contribution in [0.15, 0.2) is 48.6 Å². The first-order valence-electron chi connectivity index (χ1n) is 22.5. The van der Waals surface area contributed by atoms with E-state index in [4.69, 9.17) is 0 Å². The molecule has 0 aliphatic carbocycles. The lowest BCUT2D eigenvalue weighted by Gasteiger charge is -2.27. The molecule has 6 nitrogen and oxygen atoms in total. The molecule has 0 rings (SSSR count). The number of hydrogen-bond acceptors (Lipinski definition) is 5. The van der Waals surface area contributed by atoms with E-state index in [9.17, 15) is 25.2 Å². The molecule has 4 atom stereocenters. The van der Waals surface area contributed by atoms with Crippen LogP contribution in [0.4, 0.5) is 0 Å². The molecule has 0 aromatic carbocycles. The first-order valence-corrected chi connectivity index (χ1v) is 22.5. The topological polar surface area (TPSA) is 110 Å². The molecule has 53 heavy (non-hydrogen) atoms. The van der Waals surface area contributed by atoms with Gasteiger partial charge in [0.05, 0.1) is 18.8 Å².